The van der Waals surface area contributed by atoms with E-state index in [1.165, 1.54) is 12.1 Å². The number of ether oxygens (including phenoxy) is 1. The maximum absolute atomic E-state index is 10.6. The van der Waals surface area contributed by atoms with Gasteiger partial charge in [-0.25, -0.2) is 0 Å². The molecule has 0 radical (unpaired) electrons. The van der Waals surface area contributed by atoms with Gasteiger partial charge in [-0.2, -0.15) is 0 Å². The van der Waals surface area contributed by atoms with Crippen LogP contribution in [0.4, 0.5) is 5.69 Å². The van der Waals surface area contributed by atoms with Crippen LogP contribution in [-0.2, 0) is 0 Å². The van der Waals surface area contributed by atoms with Gasteiger partial charge in [-0.3, -0.25) is 10.1 Å². The number of non-ortho nitro benzene ring substituents is 1. The van der Waals surface area contributed by atoms with Crippen molar-refractivity contribution in [3.05, 3.63) is 58.6 Å². The van der Waals surface area contributed by atoms with Gasteiger partial charge in [-0.05, 0) is 50.2 Å². The fourth-order valence-electron chi connectivity index (χ4n) is 1.63. The molecule has 0 spiro atoms. The molecule has 0 aliphatic carbocycles. The van der Waals surface area contributed by atoms with Gasteiger partial charge in [0.05, 0.1) is 11.0 Å². The summed E-state index contributed by atoms with van der Waals surface area (Å²) in [4.78, 5) is 12.2. The van der Waals surface area contributed by atoms with Crippen molar-refractivity contribution in [2.75, 3.05) is 0 Å². The fourth-order valence-corrected chi connectivity index (χ4v) is 2.45. The molecule has 5 heteroatoms. The van der Waals surface area contributed by atoms with Gasteiger partial charge in [-0.1, -0.05) is 11.8 Å². The van der Waals surface area contributed by atoms with Crippen molar-refractivity contribution >= 4 is 17.4 Å². The molecule has 0 bridgehead atoms. The molecule has 0 amide bonds. The van der Waals surface area contributed by atoms with Gasteiger partial charge < -0.3 is 4.74 Å². The van der Waals surface area contributed by atoms with E-state index in [2.05, 4.69) is 0 Å². The lowest BCUT2D eigenvalue weighted by molar-refractivity contribution is -0.384. The second-order valence-corrected chi connectivity index (χ2v) is 5.64. The van der Waals surface area contributed by atoms with Crippen molar-refractivity contribution in [1.29, 1.82) is 0 Å². The topological polar surface area (TPSA) is 52.4 Å². The Bertz CT molecular complexity index is 579. The average Bonchev–Trinajstić information content (AvgIpc) is 2.41. The molecule has 0 aliphatic rings. The summed E-state index contributed by atoms with van der Waals surface area (Å²) in [7, 11) is 0. The highest BCUT2D eigenvalue weighted by Gasteiger charge is 2.05. The molecule has 104 valence electrons. The maximum atomic E-state index is 10.6. The Hall–Kier alpha value is -2.01. The zero-order valence-corrected chi connectivity index (χ0v) is 12.1. The smallest absolute Gasteiger partial charge is 0.269 e. The van der Waals surface area contributed by atoms with Gasteiger partial charge in [0.1, 0.15) is 5.75 Å². The third kappa shape index (κ3) is 3.99. The summed E-state index contributed by atoms with van der Waals surface area (Å²) in [6, 6.07) is 14.3. The largest absolute Gasteiger partial charge is 0.491 e. The Morgan fingerprint density at radius 1 is 1.00 bits per heavy atom. The average molecular weight is 289 g/mol. The second-order valence-electron chi connectivity index (χ2n) is 4.49. The summed E-state index contributed by atoms with van der Waals surface area (Å²) in [5.74, 6) is 0.841. The summed E-state index contributed by atoms with van der Waals surface area (Å²) >= 11 is 1.56. The molecular weight excluding hydrogens is 274 g/mol. The minimum atomic E-state index is -0.396. The molecule has 4 nitrogen and oxygen atoms in total. The number of hydrogen-bond acceptors (Lipinski definition) is 4. The monoisotopic (exact) mass is 289 g/mol. The predicted octanol–water partition coefficient (Wildman–Crippen LogP) is 4.53. The number of nitro benzene ring substituents is 1. The first kappa shape index (κ1) is 14.4. The van der Waals surface area contributed by atoms with Gasteiger partial charge >= 0.3 is 0 Å². The van der Waals surface area contributed by atoms with Crippen molar-refractivity contribution in [1.82, 2.24) is 0 Å². The Kier molecular flexibility index (Phi) is 4.63. The van der Waals surface area contributed by atoms with Crippen LogP contribution in [0.25, 0.3) is 0 Å². The highest BCUT2D eigenvalue weighted by molar-refractivity contribution is 7.99. The fraction of sp³-hybridized carbons (Fsp3) is 0.200. The molecule has 0 unspecified atom stereocenters. The highest BCUT2D eigenvalue weighted by atomic mass is 32.2. The molecule has 0 heterocycles. The van der Waals surface area contributed by atoms with Crippen LogP contribution in [0.5, 0.6) is 5.75 Å². The van der Waals surface area contributed by atoms with Gasteiger partial charge in [0.25, 0.3) is 5.69 Å². The molecule has 0 atom stereocenters. The standard InChI is InChI=1S/C15H15NO3S/c1-11(2)19-13-5-9-15(10-6-13)20-14-7-3-12(4-8-14)16(17)18/h3-11H,1-2H3. The lowest BCUT2D eigenvalue weighted by atomic mass is 10.3. The van der Waals surface area contributed by atoms with E-state index in [1.54, 1.807) is 23.9 Å². The van der Waals surface area contributed by atoms with Crippen LogP contribution in [0.3, 0.4) is 0 Å². The van der Waals surface area contributed by atoms with Gasteiger partial charge in [0.2, 0.25) is 0 Å². The van der Waals surface area contributed by atoms with Crippen LogP contribution in [0.2, 0.25) is 0 Å². The van der Waals surface area contributed by atoms with Crippen molar-refractivity contribution in [2.24, 2.45) is 0 Å². The minimum absolute atomic E-state index is 0.107. The summed E-state index contributed by atoms with van der Waals surface area (Å²) in [5, 5.41) is 10.6. The molecule has 20 heavy (non-hydrogen) atoms. The van der Waals surface area contributed by atoms with Crippen molar-refractivity contribution in [2.45, 2.75) is 29.7 Å². The quantitative estimate of drug-likeness (QED) is 0.599. The summed E-state index contributed by atoms with van der Waals surface area (Å²) < 4.78 is 5.58. The van der Waals surface area contributed by atoms with E-state index in [1.807, 2.05) is 38.1 Å². The van der Waals surface area contributed by atoms with E-state index < -0.39 is 4.92 Å². The Morgan fingerprint density at radius 2 is 1.50 bits per heavy atom. The molecule has 2 aromatic rings. The van der Waals surface area contributed by atoms with Crippen LogP contribution in [0.15, 0.2) is 58.3 Å². The van der Waals surface area contributed by atoms with Crippen LogP contribution in [0.1, 0.15) is 13.8 Å². The number of nitro groups is 1. The van der Waals surface area contributed by atoms with Crippen LogP contribution in [-0.4, -0.2) is 11.0 Å². The SMILES string of the molecule is CC(C)Oc1ccc(Sc2ccc([N+](=O)[O-])cc2)cc1. The van der Waals surface area contributed by atoms with Gasteiger partial charge in [-0.15, -0.1) is 0 Å². The van der Waals surface area contributed by atoms with E-state index >= 15 is 0 Å². The van der Waals surface area contributed by atoms with Crippen LogP contribution in [0, 0.1) is 10.1 Å². The predicted molar refractivity (Wildman–Crippen MR) is 79.4 cm³/mol. The van der Waals surface area contributed by atoms with Gasteiger partial charge in [0.15, 0.2) is 0 Å². The van der Waals surface area contributed by atoms with Crippen LogP contribution >= 0.6 is 11.8 Å². The first-order valence-electron chi connectivity index (χ1n) is 6.23. The molecule has 0 aliphatic heterocycles. The van der Waals surface area contributed by atoms with Crippen LogP contribution < -0.4 is 4.74 Å². The number of rotatable bonds is 5. The van der Waals surface area contributed by atoms with E-state index in [-0.39, 0.29) is 11.8 Å². The highest BCUT2D eigenvalue weighted by Crippen LogP contribution is 2.30. The van der Waals surface area contributed by atoms with E-state index in [0.717, 1.165) is 15.5 Å². The van der Waals surface area contributed by atoms with Gasteiger partial charge in [0, 0.05) is 21.9 Å². The second kappa shape index (κ2) is 6.43. The molecule has 0 saturated carbocycles. The maximum Gasteiger partial charge on any atom is 0.269 e. The third-order valence-electron chi connectivity index (χ3n) is 2.48. The summed E-state index contributed by atoms with van der Waals surface area (Å²) in [6.07, 6.45) is 0.156. The third-order valence-corrected chi connectivity index (χ3v) is 3.49. The first-order chi connectivity index (χ1) is 9.54. The molecule has 0 fully saturated rings. The Balaban J connectivity index is 2.04. The summed E-state index contributed by atoms with van der Waals surface area (Å²) in [6.45, 7) is 3.97. The lowest BCUT2D eigenvalue weighted by Gasteiger charge is -2.09. The normalized spacial score (nSPS) is 10.6. The van der Waals surface area contributed by atoms with Crippen molar-refractivity contribution < 1.29 is 9.66 Å². The number of hydrogen-bond donors (Lipinski definition) is 0. The van der Waals surface area contributed by atoms with E-state index in [0.29, 0.717) is 0 Å². The zero-order chi connectivity index (χ0) is 14.5. The zero-order valence-electron chi connectivity index (χ0n) is 11.3. The van der Waals surface area contributed by atoms with Crippen molar-refractivity contribution in [3.8, 4) is 5.75 Å². The molecule has 2 rings (SSSR count). The molecular formula is C15H15NO3S. The minimum Gasteiger partial charge on any atom is -0.491 e. The molecule has 0 aromatic heterocycles. The molecule has 0 N–H and O–H groups in total. The summed E-state index contributed by atoms with van der Waals surface area (Å²) in [5.41, 5.74) is 0.107. The van der Waals surface area contributed by atoms with E-state index in [9.17, 15) is 10.1 Å². The molecule has 0 saturated heterocycles. The first-order valence-corrected chi connectivity index (χ1v) is 7.05. The van der Waals surface area contributed by atoms with E-state index in [4.69, 9.17) is 4.74 Å². The van der Waals surface area contributed by atoms with Crippen molar-refractivity contribution in [3.63, 3.8) is 0 Å². The number of benzene rings is 2. The lowest BCUT2D eigenvalue weighted by Crippen LogP contribution is -2.04. The Morgan fingerprint density at radius 3 is 1.95 bits per heavy atom. The number of nitrogens with zero attached hydrogens (tertiary/aromatic N) is 1. The molecule has 2 aromatic carbocycles. The Labute approximate surface area is 121 Å².